The van der Waals surface area contributed by atoms with Crippen LogP contribution in [0.4, 0.5) is 17.1 Å². The predicted octanol–water partition coefficient (Wildman–Crippen LogP) is 3.89. The summed E-state index contributed by atoms with van der Waals surface area (Å²) in [7, 11) is 0. The van der Waals surface area contributed by atoms with Gasteiger partial charge in [0, 0.05) is 11.4 Å². The molecular formula is C20H18N2O2. The smallest absolute Gasteiger partial charge is 0.238 e. The highest BCUT2D eigenvalue weighted by Crippen LogP contribution is 2.37. The Balaban J connectivity index is 1.55. The highest BCUT2D eigenvalue weighted by Gasteiger charge is 2.47. The van der Waals surface area contributed by atoms with Crippen molar-refractivity contribution in [3.05, 3.63) is 66.7 Å². The molecule has 0 aromatic heterocycles. The second-order valence-electron chi connectivity index (χ2n) is 6.21. The number of anilines is 3. The van der Waals surface area contributed by atoms with E-state index in [1.807, 2.05) is 66.7 Å². The van der Waals surface area contributed by atoms with E-state index in [-0.39, 0.29) is 23.7 Å². The largest absolute Gasteiger partial charge is 0.356 e. The topological polar surface area (TPSA) is 49.4 Å². The molecule has 0 spiro atoms. The lowest BCUT2D eigenvalue weighted by molar-refractivity contribution is -0.122. The number of para-hydroxylation sites is 1. The Labute approximate surface area is 140 Å². The molecule has 120 valence electrons. The lowest BCUT2D eigenvalue weighted by Crippen LogP contribution is -2.30. The summed E-state index contributed by atoms with van der Waals surface area (Å²) in [5, 5.41) is 3.30. The molecule has 2 amide bonds. The fourth-order valence-electron chi connectivity index (χ4n) is 3.44. The predicted molar refractivity (Wildman–Crippen MR) is 94.0 cm³/mol. The minimum absolute atomic E-state index is 0.0712. The summed E-state index contributed by atoms with van der Waals surface area (Å²) < 4.78 is 0. The van der Waals surface area contributed by atoms with E-state index in [0.29, 0.717) is 18.5 Å². The number of carbonyl (C=O) groups is 2. The zero-order valence-corrected chi connectivity index (χ0v) is 13.2. The van der Waals surface area contributed by atoms with Crippen LogP contribution in [0.25, 0.3) is 0 Å². The van der Waals surface area contributed by atoms with Crippen molar-refractivity contribution in [3.63, 3.8) is 0 Å². The number of imide groups is 1. The van der Waals surface area contributed by atoms with Crippen molar-refractivity contribution < 1.29 is 9.59 Å². The van der Waals surface area contributed by atoms with Crippen LogP contribution in [0.3, 0.4) is 0 Å². The first-order valence-electron chi connectivity index (χ1n) is 8.19. The van der Waals surface area contributed by atoms with Gasteiger partial charge in [-0.25, -0.2) is 0 Å². The second kappa shape index (κ2) is 5.96. The monoisotopic (exact) mass is 318 g/mol. The molecule has 2 aromatic carbocycles. The first-order valence-corrected chi connectivity index (χ1v) is 8.19. The molecule has 4 nitrogen and oxygen atoms in total. The van der Waals surface area contributed by atoms with Gasteiger partial charge < -0.3 is 5.32 Å². The molecule has 0 saturated carbocycles. The SMILES string of the molecule is O=C1C2CC=CCC2C(=O)N1c1ccc(Nc2ccccc2)cc1. The molecule has 1 saturated heterocycles. The Hall–Kier alpha value is -2.88. The third kappa shape index (κ3) is 2.50. The van der Waals surface area contributed by atoms with Gasteiger partial charge >= 0.3 is 0 Å². The van der Waals surface area contributed by atoms with Gasteiger partial charge in [0.05, 0.1) is 17.5 Å². The number of hydrogen-bond donors (Lipinski definition) is 1. The summed E-state index contributed by atoms with van der Waals surface area (Å²) in [6, 6.07) is 17.3. The summed E-state index contributed by atoms with van der Waals surface area (Å²) in [6.45, 7) is 0. The van der Waals surface area contributed by atoms with Gasteiger partial charge in [-0.15, -0.1) is 0 Å². The molecular weight excluding hydrogens is 300 g/mol. The molecule has 1 heterocycles. The number of benzene rings is 2. The van der Waals surface area contributed by atoms with Crippen LogP contribution in [0.5, 0.6) is 0 Å². The maximum absolute atomic E-state index is 12.6. The zero-order chi connectivity index (χ0) is 16.5. The Morgan fingerprint density at radius 1 is 0.750 bits per heavy atom. The first kappa shape index (κ1) is 14.7. The Morgan fingerprint density at radius 2 is 1.29 bits per heavy atom. The minimum Gasteiger partial charge on any atom is -0.356 e. The quantitative estimate of drug-likeness (QED) is 0.690. The normalized spacial score (nSPS) is 22.6. The number of allylic oxidation sites excluding steroid dienone is 2. The van der Waals surface area contributed by atoms with E-state index in [1.165, 1.54) is 4.90 Å². The average molecular weight is 318 g/mol. The van der Waals surface area contributed by atoms with E-state index in [9.17, 15) is 9.59 Å². The molecule has 4 heteroatoms. The van der Waals surface area contributed by atoms with E-state index < -0.39 is 0 Å². The van der Waals surface area contributed by atoms with E-state index in [1.54, 1.807) is 0 Å². The number of amides is 2. The van der Waals surface area contributed by atoms with Gasteiger partial charge in [-0.3, -0.25) is 14.5 Å². The van der Waals surface area contributed by atoms with Crippen LogP contribution in [-0.2, 0) is 9.59 Å². The van der Waals surface area contributed by atoms with E-state index >= 15 is 0 Å². The van der Waals surface area contributed by atoms with Gasteiger partial charge in [0.15, 0.2) is 0 Å². The summed E-state index contributed by atoms with van der Waals surface area (Å²) in [4.78, 5) is 26.5. The van der Waals surface area contributed by atoms with Gasteiger partial charge in [-0.1, -0.05) is 30.4 Å². The van der Waals surface area contributed by atoms with Crippen molar-refractivity contribution >= 4 is 28.9 Å². The van der Waals surface area contributed by atoms with Crippen LogP contribution in [0.1, 0.15) is 12.8 Å². The summed E-state index contributed by atoms with van der Waals surface area (Å²) in [6.07, 6.45) is 5.34. The molecule has 2 aliphatic rings. The van der Waals surface area contributed by atoms with Gasteiger partial charge in [0.2, 0.25) is 11.8 Å². The Morgan fingerprint density at radius 3 is 1.88 bits per heavy atom. The van der Waals surface area contributed by atoms with Crippen LogP contribution in [-0.4, -0.2) is 11.8 Å². The van der Waals surface area contributed by atoms with Crippen molar-refractivity contribution in [2.45, 2.75) is 12.8 Å². The molecule has 1 aliphatic heterocycles. The van der Waals surface area contributed by atoms with Gasteiger partial charge in [-0.2, -0.15) is 0 Å². The molecule has 1 fully saturated rings. The van der Waals surface area contributed by atoms with Crippen molar-refractivity contribution in [2.75, 3.05) is 10.2 Å². The Kier molecular flexibility index (Phi) is 3.65. The summed E-state index contributed by atoms with van der Waals surface area (Å²) >= 11 is 0. The molecule has 1 aliphatic carbocycles. The number of fused-ring (bicyclic) bond motifs is 1. The van der Waals surface area contributed by atoms with Gasteiger partial charge in [0.25, 0.3) is 0 Å². The van der Waals surface area contributed by atoms with Crippen LogP contribution in [0.15, 0.2) is 66.7 Å². The number of carbonyl (C=O) groups excluding carboxylic acids is 2. The standard InChI is InChI=1S/C20H18N2O2/c23-19-17-8-4-5-9-18(17)20(24)22(19)16-12-10-15(11-13-16)21-14-6-2-1-3-7-14/h1-7,10-13,17-18,21H,8-9H2. The van der Waals surface area contributed by atoms with Crippen LogP contribution in [0.2, 0.25) is 0 Å². The average Bonchev–Trinajstić information content (AvgIpc) is 2.88. The molecule has 0 radical (unpaired) electrons. The number of nitrogens with zero attached hydrogens (tertiary/aromatic N) is 1. The lowest BCUT2D eigenvalue weighted by Gasteiger charge is -2.15. The van der Waals surface area contributed by atoms with Crippen LogP contribution >= 0.6 is 0 Å². The molecule has 2 atom stereocenters. The fraction of sp³-hybridized carbons (Fsp3) is 0.200. The molecule has 0 bridgehead atoms. The third-order valence-electron chi connectivity index (χ3n) is 4.70. The van der Waals surface area contributed by atoms with Crippen LogP contribution < -0.4 is 10.2 Å². The van der Waals surface area contributed by atoms with Gasteiger partial charge in [-0.05, 0) is 49.2 Å². The summed E-state index contributed by atoms with van der Waals surface area (Å²) in [5.74, 6) is -0.523. The molecule has 2 aromatic rings. The highest BCUT2D eigenvalue weighted by molar-refractivity contribution is 6.22. The van der Waals surface area contributed by atoms with Crippen LogP contribution in [0, 0.1) is 11.8 Å². The molecule has 24 heavy (non-hydrogen) atoms. The molecule has 2 unspecified atom stereocenters. The highest BCUT2D eigenvalue weighted by atomic mass is 16.2. The zero-order valence-electron chi connectivity index (χ0n) is 13.2. The third-order valence-corrected chi connectivity index (χ3v) is 4.70. The first-order chi connectivity index (χ1) is 11.7. The Bertz CT molecular complexity index is 770. The van der Waals surface area contributed by atoms with Crippen molar-refractivity contribution in [2.24, 2.45) is 11.8 Å². The number of rotatable bonds is 3. The second-order valence-corrected chi connectivity index (χ2v) is 6.21. The maximum Gasteiger partial charge on any atom is 0.238 e. The van der Waals surface area contributed by atoms with E-state index in [2.05, 4.69) is 5.32 Å². The molecule has 4 rings (SSSR count). The van der Waals surface area contributed by atoms with E-state index in [0.717, 1.165) is 11.4 Å². The van der Waals surface area contributed by atoms with Gasteiger partial charge in [0.1, 0.15) is 0 Å². The number of nitrogens with one attached hydrogen (secondary N) is 1. The van der Waals surface area contributed by atoms with Crippen molar-refractivity contribution in [1.29, 1.82) is 0 Å². The maximum atomic E-state index is 12.6. The number of hydrogen-bond acceptors (Lipinski definition) is 3. The molecule has 1 N–H and O–H groups in total. The minimum atomic E-state index is -0.190. The summed E-state index contributed by atoms with van der Waals surface area (Å²) in [5.41, 5.74) is 2.57. The van der Waals surface area contributed by atoms with Crippen molar-refractivity contribution in [1.82, 2.24) is 0 Å². The lowest BCUT2D eigenvalue weighted by atomic mass is 9.85. The van der Waals surface area contributed by atoms with Crippen molar-refractivity contribution in [3.8, 4) is 0 Å². The van der Waals surface area contributed by atoms with E-state index in [4.69, 9.17) is 0 Å². The fourth-order valence-corrected chi connectivity index (χ4v) is 3.44.